The van der Waals surface area contributed by atoms with E-state index in [1.807, 2.05) is 30.3 Å². The van der Waals surface area contributed by atoms with E-state index < -0.39 is 0 Å². The largest absolute Gasteiger partial charge is 0.456 e. The van der Waals surface area contributed by atoms with Crippen LogP contribution in [0.5, 0.6) is 0 Å². The molecule has 3 heteroatoms. The van der Waals surface area contributed by atoms with E-state index in [9.17, 15) is 0 Å². The van der Waals surface area contributed by atoms with Crippen molar-refractivity contribution in [1.82, 2.24) is 0 Å². The standard InChI is InChI=1S/C18H10Br2O/c19-13-7-12(8-14(20)10-13)11-5-6-18-16(9-11)15-3-1-2-4-17(15)21-18/h1-10H. The lowest BCUT2D eigenvalue weighted by Crippen LogP contribution is -1.79. The van der Waals surface area contributed by atoms with Crippen LogP contribution in [-0.2, 0) is 0 Å². The SMILES string of the molecule is Brc1cc(Br)cc(-c2ccc3oc4ccccc4c3c2)c1. The Morgan fingerprint density at radius 1 is 0.619 bits per heavy atom. The van der Waals surface area contributed by atoms with Gasteiger partial charge in [0.1, 0.15) is 11.2 Å². The number of para-hydroxylation sites is 1. The van der Waals surface area contributed by atoms with Gasteiger partial charge in [-0.2, -0.15) is 0 Å². The van der Waals surface area contributed by atoms with E-state index in [1.165, 1.54) is 11.1 Å². The maximum atomic E-state index is 5.87. The van der Waals surface area contributed by atoms with Crippen LogP contribution < -0.4 is 0 Å². The molecule has 0 saturated carbocycles. The second-order valence-corrected chi connectivity index (χ2v) is 6.80. The molecule has 0 bridgehead atoms. The van der Waals surface area contributed by atoms with Crippen molar-refractivity contribution in [3.8, 4) is 11.1 Å². The van der Waals surface area contributed by atoms with Gasteiger partial charge in [0.2, 0.25) is 0 Å². The van der Waals surface area contributed by atoms with Crippen LogP contribution in [-0.4, -0.2) is 0 Å². The lowest BCUT2D eigenvalue weighted by Gasteiger charge is -2.04. The van der Waals surface area contributed by atoms with Crippen molar-refractivity contribution in [3.63, 3.8) is 0 Å². The molecular formula is C18H10Br2O. The predicted molar refractivity (Wildman–Crippen MR) is 94.6 cm³/mol. The molecule has 0 aliphatic heterocycles. The molecule has 0 atom stereocenters. The third-order valence-electron chi connectivity index (χ3n) is 3.57. The molecule has 1 heterocycles. The minimum absolute atomic E-state index is 0.925. The van der Waals surface area contributed by atoms with E-state index in [0.29, 0.717) is 0 Å². The van der Waals surface area contributed by atoms with E-state index in [-0.39, 0.29) is 0 Å². The molecule has 21 heavy (non-hydrogen) atoms. The summed E-state index contributed by atoms with van der Waals surface area (Å²) in [7, 11) is 0. The first-order valence-electron chi connectivity index (χ1n) is 6.58. The summed E-state index contributed by atoms with van der Waals surface area (Å²) >= 11 is 7.09. The predicted octanol–water partition coefficient (Wildman–Crippen LogP) is 6.78. The van der Waals surface area contributed by atoms with Gasteiger partial charge in [-0.3, -0.25) is 0 Å². The number of furan rings is 1. The van der Waals surface area contributed by atoms with Gasteiger partial charge in [-0.1, -0.05) is 56.1 Å². The molecule has 4 rings (SSSR count). The van der Waals surface area contributed by atoms with Gasteiger partial charge in [-0.05, 0) is 47.5 Å². The van der Waals surface area contributed by atoms with E-state index in [1.54, 1.807) is 0 Å². The summed E-state index contributed by atoms with van der Waals surface area (Å²) < 4.78 is 7.99. The molecule has 0 saturated heterocycles. The topological polar surface area (TPSA) is 13.1 Å². The molecule has 1 aromatic heterocycles. The van der Waals surface area contributed by atoms with Gasteiger partial charge in [0.25, 0.3) is 0 Å². The summed E-state index contributed by atoms with van der Waals surface area (Å²) in [6.45, 7) is 0. The third kappa shape index (κ3) is 2.30. The monoisotopic (exact) mass is 400 g/mol. The molecule has 1 nitrogen and oxygen atoms in total. The van der Waals surface area contributed by atoms with E-state index in [0.717, 1.165) is 30.9 Å². The highest BCUT2D eigenvalue weighted by Gasteiger charge is 2.08. The molecule has 0 aliphatic carbocycles. The quantitative estimate of drug-likeness (QED) is 0.342. The Morgan fingerprint density at radius 3 is 2.14 bits per heavy atom. The highest BCUT2D eigenvalue weighted by molar-refractivity contribution is 9.11. The van der Waals surface area contributed by atoms with Crippen molar-refractivity contribution in [2.75, 3.05) is 0 Å². The van der Waals surface area contributed by atoms with Crippen LogP contribution in [0.3, 0.4) is 0 Å². The molecule has 3 aromatic carbocycles. The van der Waals surface area contributed by atoms with Gasteiger partial charge in [-0.25, -0.2) is 0 Å². The molecule has 0 spiro atoms. The number of fused-ring (bicyclic) bond motifs is 3. The van der Waals surface area contributed by atoms with Crippen LogP contribution in [0, 0.1) is 0 Å². The minimum Gasteiger partial charge on any atom is -0.456 e. The zero-order valence-corrected chi connectivity index (χ0v) is 14.1. The average Bonchev–Trinajstić information content (AvgIpc) is 2.84. The number of rotatable bonds is 1. The fraction of sp³-hybridized carbons (Fsp3) is 0. The van der Waals surface area contributed by atoms with Gasteiger partial charge in [0, 0.05) is 19.7 Å². The first-order valence-corrected chi connectivity index (χ1v) is 8.17. The molecule has 0 aliphatic rings. The molecule has 0 radical (unpaired) electrons. The Bertz CT molecular complexity index is 949. The summed E-state index contributed by atoms with van der Waals surface area (Å²) in [5, 5.41) is 2.31. The fourth-order valence-electron chi connectivity index (χ4n) is 2.63. The van der Waals surface area contributed by atoms with Gasteiger partial charge in [-0.15, -0.1) is 0 Å². The van der Waals surface area contributed by atoms with Crippen molar-refractivity contribution in [1.29, 1.82) is 0 Å². The number of hydrogen-bond donors (Lipinski definition) is 0. The molecule has 0 N–H and O–H groups in total. The maximum absolute atomic E-state index is 5.87. The van der Waals surface area contributed by atoms with Crippen molar-refractivity contribution < 1.29 is 4.42 Å². The lowest BCUT2D eigenvalue weighted by molar-refractivity contribution is 0.669. The molecule has 0 unspecified atom stereocenters. The van der Waals surface area contributed by atoms with Gasteiger partial charge in [0.05, 0.1) is 0 Å². The first-order chi connectivity index (χ1) is 10.2. The summed E-state index contributed by atoms with van der Waals surface area (Å²) in [6.07, 6.45) is 0. The van der Waals surface area contributed by atoms with Crippen molar-refractivity contribution in [3.05, 3.63) is 69.6 Å². The second-order valence-electron chi connectivity index (χ2n) is 4.97. The Morgan fingerprint density at radius 2 is 1.33 bits per heavy atom. The van der Waals surface area contributed by atoms with E-state index in [2.05, 4.69) is 62.2 Å². The Hall–Kier alpha value is -1.58. The number of benzene rings is 3. The Labute approximate surface area is 138 Å². The van der Waals surface area contributed by atoms with Crippen molar-refractivity contribution in [2.45, 2.75) is 0 Å². The molecule has 0 amide bonds. The zero-order chi connectivity index (χ0) is 14.4. The van der Waals surface area contributed by atoms with Crippen LogP contribution >= 0.6 is 31.9 Å². The highest BCUT2D eigenvalue weighted by atomic mass is 79.9. The van der Waals surface area contributed by atoms with Crippen molar-refractivity contribution in [2.24, 2.45) is 0 Å². The highest BCUT2D eigenvalue weighted by Crippen LogP contribution is 2.34. The molecular weight excluding hydrogens is 392 g/mol. The van der Waals surface area contributed by atoms with E-state index >= 15 is 0 Å². The lowest BCUT2D eigenvalue weighted by atomic mass is 10.0. The van der Waals surface area contributed by atoms with Crippen LogP contribution in [0.4, 0.5) is 0 Å². The van der Waals surface area contributed by atoms with Gasteiger partial charge >= 0.3 is 0 Å². The fourth-order valence-corrected chi connectivity index (χ4v) is 3.92. The van der Waals surface area contributed by atoms with Crippen LogP contribution in [0.2, 0.25) is 0 Å². The van der Waals surface area contributed by atoms with Crippen LogP contribution in [0.15, 0.2) is 74.0 Å². The molecule has 102 valence electrons. The van der Waals surface area contributed by atoms with Crippen molar-refractivity contribution >= 4 is 53.8 Å². The number of hydrogen-bond acceptors (Lipinski definition) is 1. The van der Waals surface area contributed by atoms with Crippen LogP contribution in [0.25, 0.3) is 33.1 Å². The Balaban J connectivity index is 1.99. The van der Waals surface area contributed by atoms with Gasteiger partial charge < -0.3 is 4.42 Å². The summed E-state index contributed by atoms with van der Waals surface area (Å²) in [4.78, 5) is 0. The van der Waals surface area contributed by atoms with Gasteiger partial charge in [0.15, 0.2) is 0 Å². The van der Waals surface area contributed by atoms with E-state index in [4.69, 9.17) is 4.42 Å². The zero-order valence-electron chi connectivity index (χ0n) is 10.9. The second kappa shape index (κ2) is 5.00. The number of halogens is 2. The Kier molecular flexibility index (Phi) is 3.12. The summed E-state index contributed by atoms with van der Waals surface area (Å²) in [6, 6.07) is 20.7. The van der Waals surface area contributed by atoms with Crippen LogP contribution in [0.1, 0.15) is 0 Å². The summed E-state index contributed by atoms with van der Waals surface area (Å²) in [5.41, 5.74) is 4.20. The smallest absolute Gasteiger partial charge is 0.135 e. The minimum atomic E-state index is 0.925. The molecule has 4 aromatic rings. The summed E-state index contributed by atoms with van der Waals surface area (Å²) in [5.74, 6) is 0. The average molecular weight is 402 g/mol. The third-order valence-corrected chi connectivity index (χ3v) is 4.49. The first kappa shape index (κ1) is 13.1. The normalized spacial score (nSPS) is 11.3. The maximum Gasteiger partial charge on any atom is 0.135 e. The molecule has 0 fully saturated rings.